The van der Waals surface area contributed by atoms with E-state index in [-0.39, 0.29) is 0 Å². The minimum atomic E-state index is 0.699. The number of nitrogens with two attached hydrogens (primary N) is 1. The Hall–Kier alpha value is -0.870. The van der Waals surface area contributed by atoms with Crippen LogP contribution in [0, 0.1) is 19.8 Å². The molecule has 0 radical (unpaired) electrons. The standard InChI is InChI=1S/C13H23N3O/c1-10-13(3-6-14)11(2)16(15-10)9-12-4-7-17-8-5-12/h12H,3-9,14H2,1-2H3. The summed E-state index contributed by atoms with van der Waals surface area (Å²) in [6.07, 6.45) is 3.25. The average molecular weight is 237 g/mol. The minimum absolute atomic E-state index is 0.699. The van der Waals surface area contributed by atoms with Crippen molar-refractivity contribution < 1.29 is 4.74 Å². The number of hydrogen-bond donors (Lipinski definition) is 1. The van der Waals surface area contributed by atoms with Crippen molar-refractivity contribution >= 4 is 0 Å². The zero-order chi connectivity index (χ0) is 12.3. The van der Waals surface area contributed by atoms with E-state index >= 15 is 0 Å². The normalized spacial score (nSPS) is 17.6. The molecule has 2 heterocycles. The lowest BCUT2D eigenvalue weighted by molar-refractivity contribution is 0.0599. The molecular weight excluding hydrogens is 214 g/mol. The molecule has 2 rings (SSSR count). The first-order valence-corrected chi connectivity index (χ1v) is 6.53. The molecule has 2 N–H and O–H groups in total. The van der Waals surface area contributed by atoms with E-state index < -0.39 is 0 Å². The maximum absolute atomic E-state index is 5.64. The quantitative estimate of drug-likeness (QED) is 0.862. The first-order valence-electron chi connectivity index (χ1n) is 6.53. The second-order valence-corrected chi connectivity index (χ2v) is 4.93. The van der Waals surface area contributed by atoms with Gasteiger partial charge in [0.05, 0.1) is 5.69 Å². The Balaban J connectivity index is 2.07. The van der Waals surface area contributed by atoms with Gasteiger partial charge in [-0.05, 0) is 51.1 Å². The second-order valence-electron chi connectivity index (χ2n) is 4.93. The topological polar surface area (TPSA) is 53.1 Å². The van der Waals surface area contributed by atoms with Gasteiger partial charge in [0.1, 0.15) is 0 Å². The number of nitrogens with zero attached hydrogens (tertiary/aromatic N) is 2. The monoisotopic (exact) mass is 237 g/mol. The van der Waals surface area contributed by atoms with Crippen molar-refractivity contribution in [1.29, 1.82) is 0 Å². The van der Waals surface area contributed by atoms with Gasteiger partial charge in [0, 0.05) is 25.5 Å². The summed E-state index contributed by atoms with van der Waals surface area (Å²) in [5.41, 5.74) is 9.40. The molecule has 0 unspecified atom stereocenters. The van der Waals surface area contributed by atoms with Gasteiger partial charge in [-0.2, -0.15) is 5.10 Å². The minimum Gasteiger partial charge on any atom is -0.381 e. The van der Waals surface area contributed by atoms with E-state index in [2.05, 4.69) is 23.6 Å². The van der Waals surface area contributed by atoms with Crippen molar-refractivity contribution in [1.82, 2.24) is 9.78 Å². The summed E-state index contributed by atoms with van der Waals surface area (Å²) in [6.45, 7) is 7.77. The van der Waals surface area contributed by atoms with Crippen molar-refractivity contribution in [3.63, 3.8) is 0 Å². The molecule has 0 atom stereocenters. The maximum Gasteiger partial charge on any atom is 0.0628 e. The van der Waals surface area contributed by atoms with E-state index in [1.54, 1.807) is 0 Å². The first-order chi connectivity index (χ1) is 8.22. The maximum atomic E-state index is 5.64. The van der Waals surface area contributed by atoms with Gasteiger partial charge in [0.25, 0.3) is 0 Å². The highest BCUT2D eigenvalue weighted by Crippen LogP contribution is 2.20. The van der Waals surface area contributed by atoms with Crippen LogP contribution in [0.1, 0.15) is 29.8 Å². The van der Waals surface area contributed by atoms with Crippen molar-refractivity contribution in [2.24, 2.45) is 11.7 Å². The molecule has 4 heteroatoms. The van der Waals surface area contributed by atoms with Gasteiger partial charge in [-0.15, -0.1) is 0 Å². The molecule has 1 aromatic heterocycles. The zero-order valence-electron chi connectivity index (χ0n) is 10.9. The Morgan fingerprint density at radius 1 is 1.35 bits per heavy atom. The Kier molecular flexibility index (Phi) is 4.18. The van der Waals surface area contributed by atoms with Gasteiger partial charge in [-0.1, -0.05) is 0 Å². The van der Waals surface area contributed by atoms with E-state index in [0.29, 0.717) is 12.5 Å². The van der Waals surface area contributed by atoms with Crippen LogP contribution in [0.25, 0.3) is 0 Å². The molecule has 0 saturated carbocycles. The van der Waals surface area contributed by atoms with Crippen LogP contribution in [-0.2, 0) is 17.7 Å². The second kappa shape index (κ2) is 5.65. The van der Waals surface area contributed by atoms with Crippen LogP contribution in [0.5, 0.6) is 0 Å². The summed E-state index contributed by atoms with van der Waals surface area (Å²) < 4.78 is 7.55. The molecular formula is C13H23N3O. The highest BCUT2D eigenvalue weighted by molar-refractivity contribution is 5.24. The van der Waals surface area contributed by atoms with Crippen LogP contribution in [0.4, 0.5) is 0 Å². The lowest BCUT2D eigenvalue weighted by atomic mass is 10.0. The van der Waals surface area contributed by atoms with Gasteiger partial charge in [-0.25, -0.2) is 0 Å². The molecule has 17 heavy (non-hydrogen) atoms. The molecule has 1 aliphatic rings. The largest absolute Gasteiger partial charge is 0.381 e. The van der Waals surface area contributed by atoms with Crippen LogP contribution in [-0.4, -0.2) is 29.5 Å². The number of aromatic nitrogens is 2. The number of aryl methyl sites for hydroxylation is 1. The predicted molar refractivity (Wildman–Crippen MR) is 68.0 cm³/mol. The lowest BCUT2D eigenvalue weighted by Crippen LogP contribution is -2.21. The van der Waals surface area contributed by atoms with Crippen LogP contribution in [0.2, 0.25) is 0 Å². The molecule has 4 nitrogen and oxygen atoms in total. The van der Waals surface area contributed by atoms with Gasteiger partial charge < -0.3 is 10.5 Å². The average Bonchev–Trinajstić information content (AvgIpc) is 2.59. The van der Waals surface area contributed by atoms with Gasteiger partial charge in [0.15, 0.2) is 0 Å². The first kappa shape index (κ1) is 12.6. The summed E-state index contributed by atoms with van der Waals surface area (Å²) in [5.74, 6) is 0.715. The molecule has 0 aromatic carbocycles. The summed E-state index contributed by atoms with van der Waals surface area (Å²) in [7, 11) is 0. The number of rotatable bonds is 4. The lowest BCUT2D eigenvalue weighted by Gasteiger charge is -2.22. The van der Waals surface area contributed by atoms with E-state index in [1.165, 1.54) is 11.3 Å². The molecule has 1 fully saturated rings. The van der Waals surface area contributed by atoms with E-state index in [4.69, 9.17) is 10.5 Å². The molecule has 96 valence electrons. The number of hydrogen-bond acceptors (Lipinski definition) is 3. The van der Waals surface area contributed by atoms with E-state index in [9.17, 15) is 0 Å². The Labute approximate surface area is 103 Å². The number of ether oxygens (including phenoxy) is 1. The third-order valence-corrected chi connectivity index (χ3v) is 3.70. The molecule has 0 spiro atoms. The molecule has 0 bridgehead atoms. The summed E-state index contributed by atoms with van der Waals surface area (Å²) in [6, 6.07) is 0. The van der Waals surface area contributed by atoms with Crippen LogP contribution in [0.15, 0.2) is 0 Å². The van der Waals surface area contributed by atoms with Crippen LogP contribution in [0.3, 0.4) is 0 Å². The zero-order valence-corrected chi connectivity index (χ0v) is 10.9. The van der Waals surface area contributed by atoms with Crippen LogP contribution < -0.4 is 5.73 Å². The fraction of sp³-hybridized carbons (Fsp3) is 0.769. The van der Waals surface area contributed by atoms with Gasteiger partial charge >= 0.3 is 0 Å². The third kappa shape index (κ3) is 2.87. The summed E-state index contributed by atoms with van der Waals surface area (Å²) >= 11 is 0. The molecule has 1 aliphatic heterocycles. The fourth-order valence-electron chi connectivity index (χ4n) is 2.59. The van der Waals surface area contributed by atoms with Crippen molar-refractivity contribution in [2.75, 3.05) is 19.8 Å². The third-order valence-electron chi connectivity index (χ3n) is 3.70. The van der Waals surface area contributed by atoms with E-state index in [1.807, 2.05) is 0 Å². The summed E-state index contributed by atoms with van der Waals surface area (Å²) in [5, 5.41) is 4.64. The highest BCUT2D eigenvalue weighted by Gasteiger charge is 2.17. The summed E-state index contributed by atoms with van der Waals surface area (Å²) in [4.78, 5) is 0. The predicted octanol–water partition coefficient (Wildman–Crippen LogP) is 1.43. The Morgan fingerprint density at radius 2 is 2.06 bits per heavy atom. The Bertz CT molecular complexity index is 367. The van der Waals surface area contributed by atoms with Gasteiger partial charge in [0.2, 0.25) is 0 Å². The SMILES string of the molecule is Cc1nn(CC2CCOCC2)c(C)c1CCN. The van der Waals surface area contributed by atoms with E-state index in [0.717, 1.165) is 44.7 Å². The molecule has 0 amide bonds. The fourth-order valence-corrected chi connectivity index (χ4v) is 2.59. The van der Waals surface area contributed by atoms with Crippen molar-refractivity contribution in [2.45, 2.75) is 39.7 Å². The van der Waals surface area contributed by atoms with Crippen molar-refractivity contribution in [3.05, 3.63) is 17.0 Å². The molecule has 1 aromatic rings. The van der Waals surface area contributed by atoms with Gasteiger partial charge in [-0.3, -0.25) is 4.68 Å². The Morgan fingerprint density at radius 3 is 2.71 bits per heavy atom. The highest BCUT2D eigenvalue weighted by atomic mass is 16.5. The molecule has 0 aliphatic carbocycles. The van der Waals surface area contributed by atoms with Crippen LogP contribution >= 0.6 is 0 Å². The molecule has 1 saturated heterocycles. The van der Waals surface area contributed by atoms with Crippen molar-refractivity contribution in [3.8, 4) is 0 Å². The smallest absolute Gasteiger partial charge is 0.0628 e.